The molecule has 1 atom stereocenters. The third-order valence-corrected chi connectivity index (χ3v) is 4.93. The van der Waals surface area contributed by atoms with Crippen LogP contribution in [0, 0.1) is 5.41 Å². The molecule has 19 heavy (non-hydrogen) atoms. The predicted molar refractivity (Wildman–Crippen MR) is 79.6 cm³/mol. The number of methoxy groups -OCH3 is 1. The third kappa shape index (κ3) is 3.91. The summed E-state index contributed by atoms with van der Waals surface area (Å²) in [6.07, 6.45) is 2.51. The Hall–Kier alpha value is -0.160. The number of hydrogen-bond acceptors (Lipinski definition) is 4. The molecule has 0 saturated carbocycles. The largest absolute Gasteiger partial charge is 0.384 e. The molecule has 0 amide bonds. The summed E-state index contributed by atoms with van der Waals surface area (Å²) in [5.41, 5.74) is 0.383. The molecule has 0 spiro atoms. The van der Waals surface area contributed by atoms with Crippen LogP contribution in [0.3, 0.4) is 0 Å². The van der Waals surface area contributed by atoms with Gasteiger partial charge in [0, 0.05) is 44.7 Å². The van der Waals surface area contributed by atoms with Gasteiger partial charge in [-0.15, -0.1) is 0 Å². The quantitative estimate of drug-likeness (QED) is 0.807. The summed E-state index contributed by atoms with van der Waals surface area (Å²) in [5, 5.41) is 3.48. The average Bonchev–Trinajstić information content (AvgIpc) is 2.40. The summed E-state index contributed by atoms with van der Waals surface area (Å²) < 4.78 is 5.53. The summed E-state index contributed by atoms with van der Waals surface area (Å²) in [5.74, 6) is 0. The molecular formula is C15H31N3O. The van der Waals surface area contributed by atoms with E-state index in [0.29, 0.717) is 11.5 Å². The fourth-order valence-corrected chi connectivity index (χ4v) is 3.77. The topological polar surface area (TPSA) is 27.7 Å². The van der Waals surface area contributed by atoms with Gasteiger partial charge in [0.25, 0.3) is 0 Å². The monoisotopic (exact) mass is 269 g/mol. The molecule has 112 valence electrons. The first-order valence-corrected chi connectivity index (χ1v) is 7.85. The zero-order valence-corrected chi connectivity index (χ0v) is 13.0. The number of ether oxygens (including phenoxy) is 1. The number of nitrogens with one attached hydrogen (secondary N) is 1. The summed E-state index contributed by atoms with van der Waals surface area (Å²) in [4.78, 5) is 5.25. The minimum atomic E-state index is 0.383. The first-order valence-electron chi connectivity index (χ1n) is 7.85. The maximum absolute atomic E-state index is 5.53. The molecule has 0 bridgehead atoms. The van der Waals surface area contributed by atoms with Crippen molar-refractivity contribution in [2.75, 3.05) is 59.5 Å². The lowest BCUT2D eigenvalue weighted by molar-refractivity contribution is -0.00164. The molecule has 2 rings (SSSR count). The number of piperidine rings is 1. The number of hydrogen-bond donors (Lipinski definition) is 1. The van der Waals surface area contributed by atoms with Crippen molar-refractivity contribution in [3.05, 3.63) is 0 Å². The van der Waals surface area contributed by atoms with Crippen LogP contribution in [0.5, 0.6) is 0 Å². The van der Waals surface area contributed by atoms with Gasteiger partial charge in [-0.25, -0.2) is 0 Å². The first kappa shape index (κ1) is 15.2. The van der Waals surface area contributed by atoms with Gasteiger partial charge in [-0.2, -0.15) is 0 Å². The Morgan fingerprint density at radius 2 is 2.00 bits per heavy atom. The molecule has 2 saturated heterocycles. The van der Waals surface area contributed by atoms with Gasteiger partial charge >= 0.3 is 0 Å². The molecule has 2 heterocycles. The predicted octanol–water partition coefficient (Wildman–Crippen LogP) is 1.03. The van der Waals surface area contributed by atoms with Gasteiger partial charge in [0.1, 0.15) is 0 Å². The lowest BCUT2D eigenvalue weighted by Crippen LogP contribution is -2.56. The summed E-state index contributed by atoms with van der Waals surface area (Å²) in [6, 6.07) is 0.695. The van der Waals surface area contributed by atoms with E-state index in [1.54, 1.807) is 0 Å². The molecule has 0 aromatic rings. The molecule has 0 aromatic carbocycles. The molecule has 2 fully saturated rings. The third-order valence-electron chi connectivity index (χ3n) is 4.93. The number of likely N-dealkylation sites (N-methyl/N-ethyl adjacent to an activating group) is 1. The van der Waals surface area contributed by atoms with E-state index < -0.39 is 0 Å². The van der Waals surface area contributed by atoms with E-state index in [-0.39, 0.29) is 0 Å². The molecule has 2 aliphatic rings. The minimum Gasteiger partial charge on any atom is -0.384 e. The van der Waals surface area contributed by atoms with Crippen molar-refractivity contribution in [1.29, 1.82) is 0 Å². The SMILES string of the molecule is CCN1CCN(CC2(COC)CCNCC2)CC1C. The highest BCUT2D eigenvalue weighted by molar-refractivity contribution is 4.90. The lowest BCUT2D eigenvalue weighted by Gasteiger charge is -2.45. The second-order valence-corrected chi connectivity index (χ2v) is 6.40. The van der Waals surface area contributed by atoms with E-state index in [1.807, 2.05) is 7.11 Å². The van der Waals surface area contributed by atoms with Crippen molar-refractivity contribution in [3.63, 3.8) is 0 Å². The second kappa shape index (κ2) is 7.02. The van der Waals surface area contributed by atoms with E-state index in [4.69, 9.17) is 4.74 Å². The van der Waals surface area contributed by atoms with E-state index in [2.05, 4.69) is 29.0 Å². The van der Waals surface area contributed by atoms with Gasteiger partial charge in [-0.05, 0) is 39.4 Å². The summed E-state index contributed by atoms with van der Waals surface area (Å²) in [7, 11) is 1.85. The van der Waals surface area contributed by atoms with E-state index in [0.717, 1.165) is 19.7 Å². The molecule has 0 radical (unpaired) electrons. The summed E-state index contributed by atoms with van der Waals surface area (Å²) in [6.45, 7) is 13.9. The Kier molecular flexibility index (Phi) is 5.63. The zero-order valence-electron chi connectivity index (χ0n) is 13.0. The minimum absolute atomic E-state index is 0.383. The molecular weight excluding hydrogens is 238 g/mol. The van der Waals surface area contributed by atoms with Crippen molar-refractivity contribution in [1.82, 2.24) is 15.1 Å². The highest BCUT2D eigenvalue weighted by Crippen LogP contribution is 2.31. The first-order chi connectivity index (χ1) is 9.19. The average molecular weight is 269 g/mol. The molecule has 0 aromatic heterocycles. The maximum atomic E-state index is 5.53. The highest BCUT2D eigenvalue weighted by Gasteiger charge is 2.35. The van der Waals surface area contributed by atoms with Crippen LogP contribution >= 0.6 is 0 Å². The Balaban J connectivity index is 1.90. The number of nitrogens with zero attached hydrogens (tertiary/aromatic N) is 2. The normalized spacial score (nSPS) is 29.5. The van der Waals surface area contributed by atoms with Gasteiger partial charge in [0.15, 0.2) is 0 Å². The van der Waals surface area contributed by atoms with Crippen molar-refractivity contribution < 1.29 is 4.74 Å². The Bertz CT molecular complexity index is 261. The van der Waals surface area contributed by atoms with Crippen LogP contribution in [0.15, 0.2) is 0 Å². The fraction of sp³-hybridized carbons (Fsp3) is 1.00. The smallest absolute Gasteiger partial charge is 0.0531 e. The number of piperazine rings is 1. The van der Waals surface area contributed by atoms with Crippen LogP contribution in [0.2, 0.25) is 0 Å². The lowest BCUT2D eigenvalue weighted by atomic mass is 9.79. The van der Waals surface area contributed by atoms with Crippen LogP contribution in [-0.4, -0.2) is 75.4 Å². The van der Waals surface area contributed by atoms with Gasteiger partial charge in [0.05, 0.1) is 6.61 Å². The van der Waals surface area contributed by atoms with Gasteiger partial charge in [0.2, 0.25) is 0 Å². The van der Waals surface area contributed by atoms with Crippen molar-refractivity contribution in [2.45, 2.75) is 32.7 Å². The molecule has 0 aliphatic carbocycles. The van der Waals surface area contributed by atoms with Gasteiger partial charge in [-0.3, -0.25) is 9.80 Å². The highest BCUT2D eigenvalue weighted by atomic mass is 16.5. The van der Waals surface area contributed by atoms with Crippen LogP contribution < -0.4 is 5.32 Å². The zero-order chi connectivity index (χ0) is 13.7. The Labute approximate surface area is 118 Å². The van der Waals surface area contributed by atoms with Crippen molar-refractivity contribution in [3.8, 4) is 0 Å². The van der Waals surface area contributed by atoms with E-state index >= 15 is 0 Å². The van der Waals surface area contributed by atoms with E-state index in [9.17, 15) is 0 Å². The molecule has 4 nitrogen and oxygen atoms in total. The standard InChI is InChI=1S/C15H31N3O/c1-4-18-10-9-17(11-14(18)2)12-15(13-19-3)5-7-16-8-6-15/h14,16H,4-13H2,1-3H3. The molecule has 1 unspecified atom stereocenters. The molecule has 4 heteroatoms. The number of rotatable bonds is 5. The van der Waals surface area contributed by atoms with Crippen LogP contribution in [-0.2, 0) is 4.74 Å². The second-order valence-electron chi connectivity index (χ2n) is 6.40. The summed E-state index contributed by atoms with van der Waals surface area (Å²) >= 11 is 0. The van der Waals surface area contributed by atoms with Crippen LogP contribution in [0.1, 0.15) is 26.7 Å². The molecule has 2 aliphatic heterocycles. The van der Waals surface area contributed by atoms with Gasteiger partial charge < -0.3 is 10.1 Å². The maximum Gasteiger partial charge on any atom is 0.0531 e. The Morgan fingerprint density at radius 3 is 2.58 bits per heavy atom. The Morgan fingerprint density at radius 1 is 1.26 bits per heavy atom. The van der Waals surface area contributed by atoms with Crippen LogP contribution in [0.25, 0.3) is 0 Å². The van der Waals surface area contributed by atoms with Gasteiger partial charge in [-0.1, -0.05) is 6.92 Å². The van der Waals surface area contributed by atoms with Crippen molar-refractivity contribution >= 4 is 0 Å². The van der Waals surface area contributed by atoms with Crippen LogP contribution in [0.4, 0.5) is 0 Å². The molecule has 1 N–H and O–H groups in total. The van der Waals surface area contributed by atoms with E-state index in [1.165, 1.54) is 45.6 Å². The fourth-order valence-electron chi connectivity index (χ4n) is 3.77. The van der Waals surface area contributed by atoms with Crippen molar-refractivity contribution in [2.24, 2.45) is 5.41 Å².